The maximum atomic E-state index is 12.1. The van der Waals surface area contributed by atoms with Gasteiger partial charge in [0.1, 0.15) is 11.5 Å². The van der Waals surface area contributed by atoms with Gasteiger partial charge in [-0.3, -0.25) is 9.78 Å². The van der Waals surface area contributed by atoms with Crippen molar-refractivity contribution in [2.75, 3.05) is 19.4 Å². The summed E-state index contributed by atoms with van der Waals surface area (Å²) in [5.74, 6) is 1.40. The van der Waals surface area contributed by atoms with E-state index in [-0.39, 0.29) is 5.91 Å². The normalized spacial score (nSPS) is 12.6. The van der Waals surface area contributed by atoms with E-state index in [0.29, 0.717) is 18.0 Å². The largest absolute Gasteiger partial charge is 0.457 e. The van der Waals surface area contributed by atoms with E-state index in [9.17, 15) is 4.79 Å². The summed E-state index contributed by atoms with van der Waals surface area (Å²) in [5.41, 5.74) is 5.12. The Morgan fingerprint density at radius 1 is 1.14 bits per heavy atom. The van der Waals surface area contributed by atoms with Crippen molar-refractivity contribution in [3.8, 4) is 22.8 Å². The SMILES string of the molecule is CNc1cc(Oc2ccnc(-c3ccc4c(c3)CN(C)C4=O)c2)ccc1C=N. The van der Waals surface area contributed by atoms with Crippen molar-refractivity contribution in [3.63, 3.8) is 0 Å². The topological polar surface area (TPSA) is 78.3 Å². The predicted molar refractivity (Wildman–Crippen MR) is 109 cm³/mol. The smallest absolute Gasteiger partial charge is 0.254 e. The minimum absolute atomic E-state index is 0.0558. The molecule has 1 amide bonds. The van der Waals surface area contributed by atoms with Crippen LogP contribution in [0.15, 0.2) is 54.7 Å². The van der Waals surface area contributed by atoms with Crippen molar-refractivity contribution < 1.29 is 9.53 Å². The number of nitrogens with one attached hydrogen (secondary N) is 2. The molecule has 1 aliphatic rings. The van der Waals surface area contributed by atoms with Crippen LogP contribution in [0.4, 0.5) is 5.69 Å². The Bertz CT molecular complexity index is 1080. The van der Waals surface area contributed by atoms with Crippen LogP contribution in [-0.4, -0.2) is 36.1 Å². The summed E-state index contributed by atoms with van der Waals surface area (Å²) in [4.78, 5) is 18.2. The highest BCUT2D eigenvalue weighted by atomic mass is 16.5. The molecule has 0 unspecified atom stereocenters. The fourth-order valence-electron chi connectivity index (χ4n) is 3.34. The van der Waals surface area contributed by atoms with Crippen LogP contribution in [0, 0.1) is 5.41 Å². The van der Waals surface area contributed by atoms with Crippen molar-refractivity contribution in [2.24, 2.45) is 0 Å². The molecule has 6 heteroatoms. The van der Waals surface area contributed by atoms with Crippen molar-refractivity contribution in [3.05, 3.63) is 71.4 Å². The molecule has 1 aliphatic heterocycles. The average molecular weight is 372 g/mol. The van der Waals surface area contributed by atoms with Crippen LogP contribution in [0.3, 0.4) is 0 Å². The van der Waals surface area contributed by atoms with Gasteiger partial charge in [0.05, 0.1) is 5.69 Å². The Labute approximate surface area is 163 Å². The number of hydrogen-bond donors (Lipinski definition) is 2. The van der Waals surface area contributed by atoms with Gasteiger partial charge >= 0.3 is 0 Å². The predicted octanol–water partition coefficient (Wildman–Crippen LogP) is 4.17. The molecule has 2 N–H and O–H groups in total. The highest BCUT2D eigenvalue weighted by Crippen LogP contribution is 2.30. The molecule has 0 fully saturated rings. The number of hydrogen-bond acceptors (Lipinski definition) is 5. The maximum absolute atomic E-state index is 12.1. The van der Waals surface area contributed by atoms with Gasteiger partial charge in [-0.05, 0) is 35.9 Å². The Kier molecular flexibility index (Phi) is 4.53. The van der Waals surface area contributed by atoms with Crippen molar-refractivity contribution >= 4 is 17.8 Å². The minimum atomic E-state index is 0.0558. The van der Waals surface area contributed by atoms with Crippen molar-refractivity contribution in [2.45, 2.75) is 6.54 Å². The molecule has 0 saturated carbocycles. The van der Waals surface area contributed by atoms with Gasteiger partial charge in [-0.25, -0.2) is 0 Å². The number of carbonyl (C=O) groups excluding carboxylic acids is 1. The first kappa shape index (κ1) is 17.7. The lowest BCUT2D eigenvalue weighted by molar-refractivity contribution is 0.0816. The number of benzene rings is 2. The first-order valence-electron chi connectivity index (χ1n) is 8.94. The first-order valence-corrected chi connectivity index (χ1v) is 8.94. The summed E-state index contributed by atoms with van der Waals surface area (Å²) in [7, 11) is 3.62. The van der Waals surface area contributed by atoms with Crippen molar-refractivity contribution in [1.82, 2.24) is 9.88 Å². The monoisotopic (exact) mass is 372 g/mol. The minimum Gasteiger partial charge on any atom is -0.457 e. The summed E-state index contributed by atoms with van der Waals surface area (Å²) in [6.45, 7) is 0.615. The van der Waals surface area contributed by atoms with Gasteiger partial charge in [-0.2, -0.15) is 0 Å². The van der Waals surface area contributed by atoms with E-state index >= 15 is 0 Å². The van der Waals surface area contributed by atoms with Crippen LogP contribution in [0.2, 0.25) is 0 Å². The summed E-state index contributed by atoms with van der Waals surface area (Å²) in [6, 6.07) is 15.0. The van der Waals surface area contributed by atoms with Gasteiger partial charge in [0.25, 0.3) is 5.91 Å². The fraction of sp³-hybridized carbons (Fsp3) is 0.136. The van der Waals surface area contributed by atoms with Gasteiger partial charge in [-0.1, -0.05) is 6.07 Å². The number of carbonyl (C=O) groups is 1. The number of amides is 1. The summed E-state index contributed by atoms with van der Waals surface area (Å²) in [5, 5.41) is 10.5. The zero-order valence-corrected chi connectivity index (χ0v) is 15.7. The molecule has 0 radical (unpaired) electrons. The second kappa shape index (κ2) is 7.15. The van der Waals surface area contributed by atoms with E-state index in [1.54, 1.807) is 24.2 Å². The first-order chi connectivity index (χ1) is 13.6. The van der Waals surface area contributed by atoms with Gasteiger partial charge in [0.15, 0.2) is 0 Å². The Morgan fingerprint density at radius 2 is 1.96 bits per heavy atom. The summed E-state index contributed by atoms with van der Waals surface area (Å²) in [6.07, 6.45) is 3.01. The van der Waals surface area contributed by atoms with Crippen LogP contribution in [0.5, 0.6) is 11.5 Å². The lowest BCUT2D eigenvalue weighted by atomic mass is 10.0. The quantitative estimate of drug-likeness (QED) is 0.659. The van der Waals surface area contributed by atoms with E-state index in [2.05, 4.69) is 10.3 Å². The molecule has 0 atom stereocenters. The molecule has 2 aromatic carbocycles. The molecule has 0 aliphatic carbocycles. The number of nitrogens with zero attached hydrogens (tertiary/aromatic N) is 2. The Hall–Kier alpha value is -3.67. The molecule has 0 spiro atoms. The highest BCUT2D eigenvalue weighted by molar-refractivity contribution is 5.98. The second-order valence-corrected chi connectivity index (χ2v) is 6.66. The zero-order valence-electron chi connectivity index (χ0n) is 15.7. The number of aromatic nitrogens is 1. The number of rotatable bonds is 5. The lowest BCUT2D eigenvalue weighted by Gasteiger charge is -2.11. The van der Waals surface area contributed by atoms with Crippen LogP contribution in [0.25, 0.3) is 11.3 Å². The Balaban J connectivity index is 1.62. The highest BCUT2D eigenvalue weighted by Gasteiger charge is 2.24. The van der Waals surface area contributed by atoms with Crippen LogP contribution in [-0.2, 0) is 6.54 Å². The average Bonchev–Trinajstić information content (AvgIpc) is 3.01. The number of fused-ring (bicyclic) bond motifs is 1. The number of pyridine rings is 1. The third kappa shape index (κ3) is 3.20. The van der Waals surface area contributed by atoms with Crippen LogP contribution in [0.1, 0.15) is 21.5 Å². The molecule has 4 rings (SSSR count). The van der Waals surface area contributed by atoms with Crippen LogP contribution >= 0.6 is 0 Å². The lowest BCUT2D eigenvalue weighted by Crippen LogP contribution is -2.17. The third-order valence-corrected chi connectivity index (χ3v) is 4.80. The third-order valence-electron chi connectivity index (χ3n) is 4.80. The number of ether oxygens (including phenoxy) is 1. The maximum Gasteiger partial charge on any atom is 0.254 e. The van der Waals surface area contributed by atoms with Gasteiger partial charge in [0, 0.05) is 67.6 Å². The van der Waals surface area contributed by atoms with E-state index in [1.165, 1.54) is 6.21 Å². The number of anilines is 1. The van der Waals surface area contributed by atoms with Gasteiger partial charge < -0.3 is 20.4 Å². The van der Waals surface area contributed by atoms with Gasteiger partial charge in [0.2, 0.25) is 0 Å². The molecular weight excluding hydrogens is 352 g/mol. The van der Waals surface area contributed by atoms with E-state index in [1.807, 2.05) is 49.5 Å². The van der Waals surface area contributed by atoms with Crippen LogP contribution < -0.4 is 10.1 Å². The molecule has 28 heavy (non-hydrogen) atoms. The molecule has 1 aromatic heterocycles. The second-order valence-electron chi connectivity index (χ2n) is 6.66. The standard InChI is InChI=1S/C22H20N4O2/c1-24-20-10-17(5-3-15(20)12-23)28-18-7-8-25-21(11-18)14-4-6-19-16(9-14)13-26(2)22(19)27/h3-12,23-24H,13H2,1-2H3. The molecule has 0 saturated heterocycles. The van der Waals surface area contributed by atoms with Crippen molar-refractivity contribution in [1.29, 1.82) is 5.41 Å². The zero-order chi connectivity index (χ0) is 19.7. The summed E-state index contributed by atoms with van der Waals surface area (Å²) < 4.78 is 5.99. The molecule has 3 aromatic rings. The molecular formula is C22H20N4O2. The molecule has 0 bridgehead atoms. The van der Waals surface area contributed by atoms with E-state index in [0.717, 1.165) is 33.6 Å². The summed E-state index contributed by atoms with van der Waals surface area (Å²) >= 11 is 0. The van der Waals surface area contributed by atoms with E-state index in [4.69, 9.17) is 10.1 Å². The Morgan fingerprint density at radius 3 is 2.75 bits per heavy atom. The fourth-order valence-corrected chi connectivity index (χ4v) is 3.34. The van der Waals surface area contributed by atoms with E-state index < -0.39 is 0 Å². The molecule has 6 nitrogen and oxygen atoms in total. The molecule has 2 heterocycles. The molecule has 140 valence electrons. The van der Waals surface area contributed by atoms with Gasteiger partial charge in [-0.15, -0.1) is 0 Å².